The van der Waals surface area contributed by atoms with Gasteiger partial charge in [-0.2, -0.15) is 0 Å². The zero-order chi connectivity index (χ0) is 23.2. The molecule has 1 aliphatic rings. The van der Waals surface area contributed by atoms with Crippen molar-refractivity contribution in [3.8, 4) is 0 Å². The Bertz CT molecular complexity index is 1080. The highest BCUT2D eigenvalue weighted by Crippen LogP contribution is 2.37. The molecular formula is C25H27N3O4S. The molecule has 1 amide bonds. The van der Waals surface area contributed by atoms with Gasteiger partial charge in [0.25, 0.3) is 5.91 Å². The molecule has 1 unspecified atom stereocenters. The van der Waals surface area contributed by atoms with Gasteiger partial charge in [0.2, 0.25) is 5.13 Å². The van der Waals surface area contributed by atoms with Crippen molar-refractivity contribution < 1.29 is 19.8 Å². The summed E-state index contributed by atoms with van der Waals surface area (Å²) in [5.41, 5.74) is 2.54. The number of nitrogens with zero attached hydrogens (tertiary/aromatic N) is 2. The van der Waals surface area contributed by atoms with Crippen LogP contribution < -0.4 is 5.32 Å². The lowest BCUT2D eigenvalue weighted by Crippen LogP contribution is -2.16. The Kier molecular flexibility index (Phi) is 7.47. The van der Waals surface area contributed by atoms with Gasteiger partial charge in [-0.1, -0.05) is 53.8 Å². The molecule has 1 saturated carbocycles. The van der Waals surface area contributed by atoms with E-state index in [1.165, 1.54) is 16.9 Å². The Morgan fingerprint density at radius 2 is 1.70 bits per heavy atom. The van der Waals surface area contributed by atoms with Crippen molar-refractivity contribution in [1.29, 1.82) is 0 Å². The van der Waals surface area contributed by atoms with Crippen LogP contribution in [0.3, 0.4) is 0 Å². The van der Waals surface area contributed by atoms with Crippen molar-refractivity contribution in [2.24, 2.45) is 5.92 Å². The quantitative estimate of drug-likeness (QED) is 0.440. The summed E-state index contributed by atoms with van der Waals surface area (Å²) >= 11 is 1.25. The van der Waals surface area contributed by atoms with Gasteiger partial charge in [-0.15, -0.1) is 10.2 Å². The van der Waals surface area contributed by atoms with E-state index >= 15 is 0 Å². The lowest BCUT2D eigenvalue weighted by Gasteiger charge is -2.28. The number of aliphatic hydroxyl groups excluding tert-OH is 1. The number of aromatic nitrogens is 2. The number of rotatable bonds is 8. The lowest BCUT2D eigenvalue weighted by atomic mass is 9.77. The maximum atomic E-state index is 12.6. The molecule has 3 aromatic rings. The Morgan fingerprint density at radius 3 is 2.36 bits per heavy atom. The molecule has 1 atom stereocenters. The molecule has 0 saturated heterocycles. The van der Waals surface area contributed by atoms with Crippen molar-refractivity contribution in [3.05, 3.63) is 76.3 Å². The molecule has 0 bridgehead atoms. The molecule has 33 heavy (non-hydrogen) atoms. The minimum atomic E-state index is -0.719. The molecule has 172 valence electrons. The first-order valence-corrected chi connectivity index (χ1v) is 12.0. The summed E-state index contributed by atoms with van der Waals surface area (Å²) in [7, 11) is 0. The van der Waals surface area contributed by atoms with E-state index in [0.29, 0.717) is 28.0 Å². The molecule has 0 radical (unpaired) electrons. The molecule has 0 spiro atoms. The molecule has 3 N–H and O–H groups in total. The Morgan fingerprint density at radius 1 is 1.00 bits per heavy atom. The number of carbonyl (C=O) groups excluding carboxylic acids is 1. The predicted molar refractivity (Wildman–Crippen MR) is 126 cm³/mol. The van der Waals surface area contributed by atoms with Crippen LogP contribution in [0.1, 0.15) is 70.6 Å². The monoisotopic (exact) mass is 465 g/mol. The van der Waals surface area contributed by atoms with E-state index in [4.69, 9.17) is 5.11 Å². The zero-order valence-electron chi connectivity index (χ0n) is 18.2. The van der Waals surface area contributed by atoms with Crippen LogP contribution in [0.2, 0.25) is 0 Å². The summed E-state index contributed by atoms with van der Waals surface area (Å²) in [5, 5.41) is 31.3. The third-order valence-corrected chi connectivity index (χ3v) is 7.05. The maximum absolute atomic E-state index is 12.6. The van der Waals surface area contributed by atoms with Crippen molar-refractivity contribution in [2.45, 2.75) is 50.5 Å². The van der Waals surface area contributed by atoms with E-state index < -0.39 is 12.1 Å². The molecule has 1 fully saturated rings. The molecule has 0 aliphatic heterocycles. The van der Waals surface area contributed by atoms with Crippen molar-refractivity contribution in [1.82, 2.24) is 10.2 Å². The SMILES string of the molecule is O=C(O)C[C@H]1CC[C@H](c2ccc(C(=O)Nc3nnc(CC(O)c4ccccc4)s3)cc2)CC1. The highest BCUT2D eigenvalue weighted by Gasteiger charge is 2.24. The minimum absolute atomic E-state index is 0.252. The van der Waals surface area contributed by atoms with Crippen LogP contribution in [-0.4, -0.2) is 32.3 Å². The van der Waals surface area contributed by atoms with Crippen LogP contribution in [-0.2, 0) is 11.2 Å². The number of hydrogen-bond acceptors (Lipinski definition) is 6. The van der Waals surface area contributed by atoms with Gasteiger partial charge in [0.05, 0.1) is 6.10 Å². The first-order valence-electron chi connectivity index (χ1n) is 11.2. The lowest BCUT2D eigenvalue weighted by molar-refractivity contribution is -0.138. The van der Waals surface area contributed by atoms with E-state index in [9.17, 15) is 14.7 Å². The topological polar surface area (TPSA) is 112 Å². The molecule has 1 heterocycles. The largest absolute Gasteiger partial charge is 0.481 e. The predicted octanol–water partition coefficient (Wildman–Crippen LogP) is 4.82. The first-order chi connectivity index (χ1) is 16.0. The summed E-state index contributed by atoms with van der Waals surface area (Å²) in [4.78, 5) is 23.5. The van der Waals surface area contributed by atoms with E-state index in [0.717, 1.165) is 31.2 Å². The van der Waals surface area contributed by atoms with E-state index in [1.807, 2.05) is 54.6 Å². The molecule has 2 aromatic carbocycles. The van der Waals surface area contributed by atoms with Gasteiger partial charge < -0.3 is 10.2 Å². The highest BCUT2D eigenvalue weighted by atomic mass is 32.1. The van der Waals surface area contributed by atoms with Gasteiger partial charge >= 0.3 is 5.97 Å². The fourth-order valence-corrected chi connectivity index (χ4v) is 5.14. The van der Waals surface area contributed by atoms with Gasteiger partial charge in [-0.05, 0) is 60.8 Å². The molecular weight excluding hydrogens is 438 g/mol. The number of anilines is 1. The molecule has 7 nitrogen and oxygen atoms in total. The Balaban J connectivity index is 1.30. The second kappa shape index (κ2) is 10.7. The van der Waals surface area contributed by atoms with Crippen LogP contribution in [0.15, 0.2) is 54.6 Å². The zero-order valence-corrected chi connectivity index (χ0v) is 19.0. The van der Waals surface area contributed by atoms with Crippen LogP contribution in [0.5, 0.6) is 0 Å². The molecule has 4 rings (SSSR count). The average molecular weight is 466 g/mol. The smallest absolute Gasteiger partial charge is 0.303 e. The van der Waals surface area contributed by atoms with Crippen molar-refractivity contribution in [3.63, 3.8) is 0 Å². The minimum Gasteiger partial charge on any atom is -0.481 e. The van der Waals surface area contributed by atoms with Crippen molar-refractivity contribution >= 4 is 28.3 Å². The fourth-order valence-electron chi connectivity index (χ4n) is 4.37. The molecule has 1 aromatic heterocycles. The molecule has 1 aliphatic carbocycles. The number of nitrogens with one attached hydrogen (secondary N) is 1. The van der Waals surface area contributed by atoms with Gasteiger partial charge in [0, 0.05) is 18.4 Å². The first kappa shape index (κ1) is 23.1. The average Bonchev–Trinajstić information content (AvgIpc) is 3.26. The maximum Gasteiger partial charge on any atom is 0.303 e. The summed E-state index contributed by atoms with van der Waals surface area (Å²) in [6.45, 7) is 0. The van der Waals surface area contributed by atoms with Crippen molar-refractivity contribution in [2.75, 3.05) is 5.32 Å². The van der Waals surface area contributed by atoms with Crippen LogP contribution in [0, 0.1) is 5.92 Å². The van der Waals surface area contributed by atoms with E-state index in [-0.39, 0.29) is 18.2 Å². The van der Waals surface area contributed by atoms with Crippen LogP contribution >= 0.6 is 11.3 Å². The number of aliphatic hydroxyl groups is 1. The number of amides is 1. The Labute approximate surface area is 196 Å². The third-order valence-electron chi connectivity index (χ3n) is 6.19. The summed E-state index contributed by atoms with van der Waals surface area (Å²) in [6, 6.07) is 17.0. The summed E-state index contributed by atoms with van der Waals surface area (Å²) in [5.74, 6) is -0.287. The standard InChI is InChI=1S/C25H27N3O4S/c29-21(19-4-2-1-3-5-19)15-22-27-28-25(33-22)26-24(32)20-12-10-18(11-13-20)17-8-6-16(7-9-17)14-23(30)31/h1-5,10-13,16-17,21,29H,6-9,14-15H2,(H,30,31)(H,26,28,32)/t16-,17-,21?. The van der Waals surface area contributed by atoms with E-state index in [1.54, 1.807) is 0 Å². The number of benzene rings is 2. The number of carboxylic acid groups (broad SMARTS) is 1. The summed E-state index contributed by atoms with van der Waals surface area (Å²) in [6.07, 6.45) is 3.73. The van der Waals surface area contributed by atoms with Gasteiger partial charge in [0.1, 0.15) is 5.01 Å². The number of aliphatic carboxylic acids is 1. The number of carbonyl (C=O) groups is 2. The summed E-state index contributed by atoms with van der Waals surface area (Å²) < 4.78 is 0. The van der Waals surface area contributed by atoms with Gasteiger partial charge in [-0.3, -0.25) is 14.9 Å². The number of hydrogen-bond donors (Lipinski definition) is 3. The third kappa shape index (κ3) is 6.24. The normalized spacial score (nSPS) is 19.1. The van der Waals surface area contributed by atoms with Gasteiger partial charge in [0.15, 0.2) is 0 Å². The van der Waals surface area contributed by atoms with Crippen LogP contribution in [0.4, 0.5) is 5.13 Å². The van der Waals surface area contributed by atoms with Gasteiger partial charge in [-0.25, -0.2) is 0 Å². The fraction of sp³-hybridized carbons (Fsp3) is 0.360. The highest BCUT2D eigenvalue weighted by molar-refractivity contribution is 7.15. The second-order valence-electron chi connectivity index (χ2n) is 8.52. The number of carboxylic acids is 1. The molecule has 8 heteroatoms. The second-order valence-corrected chi connectivity index (χ2v) is 9.59. The van der Waals surface area contributed by atoms with E-state index in [2.05, 4.69) is 15.5 Å². The Hall–Kier alpha value is -3.10. The van der Waals surface area contributed by atoms with Crippen LogP contribution in [0.25, 0.3) is 0 Å².